The average Bonchev–Trinajstić information content (AvgIpc) is 2.71. The van der Waals surface area contributed by atoms with Gasteiger partial charge in [0.15, 0.2) is 0 Å². The van der Waals surface area contributed by atoms with Crippen molar-refractivity contribution in [3.63, 3.8) is 0 Å². The molecule has 0 atom stereocenters. The molecule has 0 radical (unpaired) electrons. The van der Waals surface area contributed by atoms with Crippen molar-refractivity contribution >= 4 is 23.2 Å². The zero-order valence-electron chi connectivity index (χ0n) is 8.20. The normalized spacial score (nSPS) is 10.7. The minimum atomic E-state index is -0.478. The van der Waals surface area contributed by atoms with Crippen molar-refractivity contribution < 1.29 is 4.39 Å². The lowest BCUT2D eigenvalue weighted by Crippen LogP contribution is -1.95. The monoisotopic (exact) mass is 259 g/mol. The van der Waals surface area contributed by atoms with E-state index in [-0.39, 0.29) is 5.02 Å². The Labute approximate surface area is 102 Å². The third kappa shape index (κ3) is 2.33. The highest BCUT2D eigenvalue weighted by Gasteiger charge is 2.05. The van der Waals surface area contributed by atoms with Crippen LogP contribution in [0.5, 0.6) is 0 Å². The van der Waals surface area contributed by atoms with Crippen molar-refractivity contribution in [2.75, 3.05) is 5.88 Å². The van der Waals surface area contributed by atoms with Gasteiger partial charge in [0, 0.05) is 18.4 Å². The first-order valence-corrected chi connectivity index (χ1v) is 5.54. The van der Waals surface area contributed by atoms with Crippen molar-refractivity contribution in [1.29, 1.82) is 0 Å². The molecular weight excluding hydrogens is 252 g/mol. The zero-order valence-corrected chi connectivity index (χ0v) is 9.71. The topological polar surface area (TPSA) is 30.7 Å². The highest BCUT2D eigenvalue weighted by atomic mass is 35.5. The number of benzene rings is 1. The number of hydrogen-bond acceptors (Lipinski definition) is 2. The maximum atomic E-state index is 13.2. The Morgan fingerprint density at radius 3 is 2.88 bits per heavy atom. The van der Waals surface area contributed by atoms with Gasteiger partial charge in [-0.05, 0) is 12.1 Å². The van der Waals surface area contributed by atoms with Crippen LogP contribution in [0.2, 0.25) is 5.02 Å². The number of nitrogens with zero attached hydrogens (tertiary/aromatic N) is 3. The van der Waals surface area contributed by atoms with Crippen LogP contribution in [-0.4, -0.2) is 20.9 Å². The minimum Gasteiger partial charge on any atom is -0.220 e. The van der Waals surface area contributed by atoms with Gasteiger partial charge in [-0.2, -0.15) is 0 Å². The van der Waals surface area contributed by atoms with Crippen molar-refractivity contribution in [3.05, 3.63) is 40.9 Å². The van der Waals surface area contributed by atoms with Gasteiger partial charge in [-0.25, -0.2) is 9.07 Å². The molecule has 0 saturated carbocycles. The number of aryl methyl sites for hydroxylation is 1. The maximum Gasteiger partial charge on any atom is 0.143 e. The minimum absolute atomic E-state index is 0.0878. The highest BCUT2D eigenvalue weighted by molar-refractivity contribution is 6.30. The summed E-state index contributed by atoms with van der Waals surface area (Å²) < 4.78 is 14.7. The molecule has 2 aromatic rings. The Kier molecular flexibility index (Phi) is 3.41. The second-order valence-electron chi connectivity index (χ2n) is 3.19. The van der Waals surface area contributed by atoms with Gasteiger partial charge in [0.05, 0.1) is 22.6 Å². The summed E-state index contributed by atoms with van der Waals surface area (Å²) in [5, 5.41) is 7.87. The fourth-order valence-corrected chi connectivity index (χ4v) is 1.57. The third-order valence-electron chi connectivity index (χ3n) is 2.06. The van der Waals surface area contributed by atoms with Crippen LogP contribution in [0.1, 0.15) is 5.69 Å². The Balaban J connectivity index is 2.31. The van der Waals surface area contributed by atoms with Gasteiger partial charge < -0.3 is 0 Å². The van der Waals surface area contributed by atoms with E-state index in [4.69, 9.17) is 23.2 Å². The molecule has 0 aliphatic heterocycles. The Morgan fingerprint density at radius 2 is 2.19 bits per heavy atom. The predicted octanol–water partition coefficient (Wildman–Crippen LogP) is 2.84. The average molecular weight is 260 g/mol. The molecule has 0 spiro atoms. The molecule has 1 aromatic heterocycles. The number of halogens is 3. The second kappa shape index (κ2) is 4.80. The molecule has 1 aromatic carbocycles. The summed E-state index contributed by atoms with van der Waals surface area (Å²) in [6.07, 6.45) is 2.35. The molecule has 0 N–H and O–H groups in total. The van der Waals surface area contributed by atoms with Crippen molar-refractivity contribution in [2.45, 2.75) is 6.42 Å². The van der Waals surface area contributed by atoms with Crippen LogP contribution >= 0.6 is 23.2 Å². The molecule has 1 heterocycles. The summed E-state index contributed by atoms with van der Waals surface area (Å²) >= 11 is 11.2. The van der Waals surface area contributed by atoms with Crippen molar-refractivity contribution in [3.8, 4) is 5.69 Å². The first kappa shape index (κ1) is 11.4. The van der Waals surface area contributed by atoms with E-state index in [1.54, 1.807) is 12.3 Å². The summed E-state index contributed by atoms with van der Waals surface area (Å²) in [6.45, 7) is 0. The SMILES string of the molecule is Fc1cc(-n2cc(CCCl)nn2)ccc1Cl. The molecule has 0 amide bonds. The van der Waals surface area contributed by atoms with Crippen LogP contribution in [0, 0.1) is 5.82 Å². The molecule has 16 heavy (non-hydrogen) atoms. The first-order chi connectivity index (χ1) is 7.70. The fraction of sp³-hybridized carbons (Fsp3) is 0.200. The van der Waals surface area contributed by atoms with Crippen LogP contribution < -0.4 is 0 Å². The van der Waals surface area contributed by atoms with Gasteiger partial charge in [-0.3, -0.25) is 0 Å². The molecule has 0 bridgehead atoms. The van der Waals surface area contributed by atoms with Gasteiger partial charge in [0.1, 0.15) is 5.82 Å². The van der Waals surface area contributed by atoms with Gasteiger partial charge in [-0.1, -0.05) is 16.8 Å². The Bertz CT molecular complexity index is 499. The van der Waals surface area contributed by atoms with Crippen LogP contribution in [0.15, 0.2) is 24.4 Å². The fourth-order valence-electron chi connectivity index (χ4n) is 1.26. The van der Waals surface area contributed by atoms with E-state index in [1.165, 1.54) is 16.8 Å². The second-order valence-corrected chi connectivity index (χ2v) is 3.98. The van der Waals surface area contributed by atoms with E-state index in [9.17, 15) is 4.39 Å². The molecule has 2 rings (SSSR count). The summed E-state index contributed by atoms with van der Waals surface area (Å²) in [5.41, 5.74) is 1.35. The highest BCUT2D eigenvalue weighted by Crippen LogP contribution is 2.17. The number of alkyl halides is 1. The lowest BCUT2D eigenvalue weighted by Gasteiger charge is -2.00. The van der Waals surface area contributed by atoms with E-state index in [1.807, 2.05) is 0 Å². The standard InChI is InChI=1S/C10H8Cl2FN3/c11-4-3-7-6-16(15-14-7)8-1-2-9(12)10(13)5-8/h1-2,5-6H,3-4H2. The first-order valence-electron chi connectivity index (χ1n) is 4.63. The van der Waals surface area contributed by atoms with E-state index in [2.05, 4.69) is 10.3 Å². The molecule has 0 aliphatic rings. The van der Waals surface area contributed by atoms with E-state index in [0.717, 1.165) is 5.69 Å². The molecule has 6 heteroatoms. The molecule has 3 nitrogen and oxygen atoms in total. The summed E-state index contributed by atoms with van der Waals surface area (Å²) in [6, 6.07) is 4.46. The van der Waals surface area contributed by atoms with Crippen LogP contribution in [0.25, 0.3) is 5.69 Å². The molecule has 0 saturated heterocycles. The Morgan fingerprint density at radius 1 is 1.38 bits per heavy atom. The largest absolute Gasteiger partial charge is 0.220 e. The van der Waals surface area contributed by atoms with Gasteiger partial charge in [0.25, 0.3) is 0 Å². The molecule has 0 unspecified atom stereocenters. The number of hydrogen-bond donors (Lipinski definition) is 0. The molecule has 0 fully saturated rings. The van der Waals surface area contributed by atoms with Crippen LogP contribution in [0.4, 0.5) is 4.39 Å². The van der Waals surface area contributed by atoms with Crippen molar-refractivity contribution in [1.82, 2.24) is 15.0 Å². The quantitative estimate of drug-likeness (QED) is 0.794. The third-order valence-corrected chi connectivity index (χ3v) is 2.55. The van der Waals surface area contributed by atoms with Crippen LogP contribution in [-0.2, 0) is 6.42 Å². The van der Waals surface area contributed by atoms with Gasteiger partial charge >= 0.3 is 0 Å². The number of rotatable bonds is 3. The summed E-state index contributed by atoms with van der Waals surface area (Å²) in [4.78, 5) is 0. The number of aromatic nitrogens is 3. The molecule has 84 valence electrons. The van der Waals surface area contributed by atoms with E-state index in [0.29, 0.717) is 18.0 Å². The van der Waals surface area contributed by atoms with E-state index < -0.39 is 5.82 Å². The van der Waals surface area contributed by atoms with Crippen molar-refractivity contribution in [2.24, 2.45) is 0 Å². The van der Waals surface area contributed by atoms with Crippen LogP contribution in [0.3, 0.4) is 0 Å². The van der Waals surface area contributed by atoms with Gasteiger partial charge in [0.2, 0.25) is 0 Å². The summed E-state index contributed by atoms with van der Waals surface area (Å²) in [7, 11) is 0. The zero-order chi connectivity index (χ0) is 11.5. The predicted molar refractivity (Wildman–Crippen MR) is 60.8 cm³/mol. The van der Waals surface area contributed by atoms with E-state index >= 15 is 0 Å². The lowest BCUT2D eigenvalue weighted by molar-refractivity contribution is 0.625. The maximum absolute atomic E-state index is 13.2. The molecule has 0 aliphatic carbocycles. The van der Waals surface area contributed by atoms with Gasteiger partial charge in [-0.15, -0.1) is 16.7 Å². The molecular formula is C10H8Cl2FN3. The Hall–Kier alpha value is -1.13. The smallest absolute Gasteiger partial charge is 0.143 e. The summed E-state index contributed by atoms with van der Waals surface area (Å²) in [5.74, 6) is 0.00165. The lowest BCUT2D eigenvalue weighted by atomic mass is 10.3.